The number of carbonyl (C=O) groups excluding carboxylic acids is 2. The van der Waals surface area contributed by atoms with E-state index in [2.05, 4.69) is 0 Å². The smallest absolute Gasteiger partial charge is 0.260 e. The first-order valence-corrected chi connectivity index (χ1v) is 7.32. The van der Waals surface area contributed by atoms with E-state index in [1.165, 1.54) is 0 Å². The van der Waals surface area contributed by atoms with Crippen molar-refractivity contribution in [2.45, 2.75) is 19.8 Å². The average Bonchev–Trinajstić information content (AvgIpc) is 2.48. The van der Waals surface area contributed by atoms with Gasteiger partial charge in [0.05, 0.1) is 0 Å². The number of nitrogens with zero attached hydrogens (tertiary/aromatic N) is 1. The van der Waals surface area contributed by atoms with E-state index in [1.54, 1.807) is 23.1 Å². The first kappa shape index (κ1) is 15.6. The van der Waals surface area contributed by atoms with Gasteiger partial charge in [-0.25, -0.2) is 0 Å². The highest BCUT2D eigenvalue weighted by Crippen LogP contribution is 2.25. The summed E-state index contributed by atoms with van der Waals surface area (Å²) < 4.78 is 5.54. The Labute approximate surface area is 129 Å². The zero-order chi connectivity index (χ0) is 15.4. The molecule has 21 heavy (non-hydrogen) atoms. The fourth-order valence-corrected chi connectivity index (χ4v) is 2.55. The Kier molecular flexibility index (Phi) is 5.07. The third-order valence-corrected chi connectivity index (χ3v) is 4.23. The Morgan fingerprint density at radius 1 is 1.38 bits per heavy atom. The van der Waals surface area contributed by atoms with Crippen molar-refractivity contribution >= 4 is 23.4 Å². The maximum Gasteiger partial charge on any atom is 0.260 e. The van der Waals surface area contributed by atoms with Gasteiger partial charge in [0.25, 0.3) is 5.91 Å². The van der Waals surface area contributed by atoms with Crippen molar-refractivity contribution in [1.29, 1.82) is 0 Å². The van der Waals surface area contributed by atoms with Crippen LogP contribution < -0.4 is 10.5 Å². The predicted molar refractivity (Wildman–Crippen MR) is 80.2 cm³/mol. The monoisotopic (exact) mass is 310 g/mol. The zero-order valence-electron chi connectivity index (χ0n) is 12.0. The molecule has 1 heterocycles. The van der Waals surface area contributed by atoms with E-state index in [-0.39, 0.29) is 24.3 Å². The number of hydrogen-bond acceptors (Lipinski definition) is 3. The molecule has 1 aromatic carbocycles. The number of nitrogens with two attached hydrogens (primary N) is 1. The maximum atomic E-state index is 12.1. The van der Waals surface area contributed by atoms with E-state index in [9.17, 15) is 9.59 Å². The van der Waals surface area contributed by atoms with Crippen LogP contribution in [-0.4, -0.2) is 36.4 Å². The molecule has 0 atom stereocenters. The van der Waals surface area contributed by atoms with Crippen molar-refractivity contribution in [1.82, 2.24) is 4.90 Å². The molecule has 5 nitrogen and oxygen atoms in total. The number of halogens is 1. The number of likely N-dealkylation sites (tertiary alicyclic amines) is 1. The molecule has 1 aliphatic rings. The Balaban J connectivity index is 1.85. The molecule has 114 valence electrons. The number of piperidine rings is 1. The summed E-state index contributed by atoms with van der Waals surface area (Å²) in [5, 5.41) is 0.613. The summed E-state index contributed by atoms with van der Waals surface area (Å²) in [5.74, 6) is 0.123. The van der Waals surface area contributed by atoms with Gasteiger partial charge in [0.1, 0.15) is 5.75 Å². The van der Waals surface area contributed by atoms with Crippen LogP contribution in [0.25, 0.3) is 0 Å². The summed E-state index contributed by atoms with van der Waals surface area (Å²) in [7, 11) is 0. The Bertz CT molecular complexity index is 540. The lowest BCUT2D eigenvalue weighted by Crippen LogP contribution is -2.43. The van der Waals surface area contributed by atoms with Crippen molar-refractivity contribution in [2.24, 2.45) is 11.7 Å². The Morgan fingerprint density at radius 2 is 2.05 bits per heavy atom. The summed E-state index contributed by atoms with van der Waals surface area (Å²) in [6, 6.07) is 5.35. The van der Waals surface area contributed by atoms with Crippen molar-refractivity contribution in [3.05, 3.63) is 28.8 Å². The molecule has 6 heteroatoms. The third-order valence-electron chi connectivity index (χ3n) is 3.82. The van der Waals surface area contributed by atoms with Gasteiger partial charge in [-0.3, -0.25) is 9.59 Å². The van der Waals surface area contributed by atoms with Crippen LogP contribution in [0.1, 0.15) is 18.4 Å². The molecule has 0 unspecified atom stereocenters. The predicted octanol–water partition coefficient (Wildman–Crippen LogP) is 1.75. The lowest BCUT2D eigenvalue weighted by Gasteiger charge is -2.30. The highest BCUT2D eigenvalue weighted by molar-refractivity contribution is 6.31. The minimum Gasteiger partial charge on any atom is -0.483 e. The fraction of sp³-hybridized carbons (Fsp3) is 0.467. The standard InChI is InChI=1S/C15H19ClN2O3/c1-10-12(16)3-2-4-13(10)21-9-14(19)18-7-5-11(6-8-18)15(17)20/h2-4,11H,5-9H2,1H3,(H2,17,20). The van der Waals surface area contributed by atoms with Gasteiger partial charge in [-0.1, -0.05) is 17.7 Å². The second kappa shape index (κ2) is 6.80. The molecule has 0 bridgehead atoms. The second-order valence-corrected chi connectivity index (χ2v) is 5.62. The number of benzene rings is 1. The summed E-state index contributed by atoms with van der Waals surface area (Å²) >= 11 is 6.00. The number of ether oxygens (including phenoxy) is 1. The molecule has 2 rings (SSSR count). The average molecular weight is 311 g/mol. The minimum atomic E-state index is -0.284. The number of primary amides is 1. The highest BCUT2D eigenvalue weighted by Gasteiger charge is 2.26. The first-order chi connectivity index (χ1) is 9.99. The number of amides is 2. The first-order valence-electron chi connectivity index (χ1n) is 6.94. The molecule has 2 amide bonds. The van der Waals surface area contributed by atoms with Crippen LogP contribution in [0, 0.1) is 12.8 Å². The van der Waals surface area contributed by atoms with Crippen LogP contribution in [0.5, 0.6) is 5.75 Å². The zero-order valence-corrected chi connectivity index (χ0v) is 12.7. The Hall–Kier alpha value is -1.75. The van der Waals surface area contributed by atoms with Crippen molar-refractivity contribution in [2.75, 3.05) is 19.7 Å². The molecule has 0 aromatic heterocycles. The van der Waals surface area contributed by atoms with Crippen LogP contribution in [0.3, 0.4) is 0 Å². The van der Waals surface area contributed by atoms with E-state index in [1.807, 2.05) is 6.92 Å². The van der Waals surface area contributed by atoms with Crippen LogP contribution in [-0.2, 0) is 9.59 Å². The van der Waals surface area contributed by atoms with Gasteiger partial charge in [0.2, 0.25) is 5.91 Å². The molecular weight excluding hydrogens is 292 g/mol. The number of carbonyl (C=O) groups is 2. The van der Waals surface area contributed by atoms with Gasteiger partial charge in [-0.2, -0.15) is 0 Å². The van der Waals surface area contributed by atoms with Crippen molar-refractivity contribution in [3.63, 3.8) is 0 Å². The number of rotatable bonds is 4. The third kappa shape index (κ3) is 3.88. The fourth-order valence-electron chi connectivity index (χ4n) is 2.39. The van der Waals surface area contributed by atoms with Gasteiger partial charge in [0, 0.05) is 29.6 Å². The molecule has 0 spiro atoms. The highest BCUT2D eigenvalue weighted by atomic mass is 35.5. The van der Waals surface area contributed by atoms with Crippen LogP contribution in [0.2, 0.25) is 5.02 Å². The maximum absolute atomic E-state index is 12.1. The molecule has 0 saturated carbocycles. The minimum absolute atomic E-state index is 0.0254. The summed E-state index contributed by atoms with van der Waals surface area (Å²) in [6.45, 7) is 2.91. The molecule has 0 aliphatic carbocycles. The Morgan fingerprint density at radius 3 is 2.67 bits per heavy atom. The quantitative estimate of drug-likeness (QED) is 0.921. The molecular formula is C15H19ClN2O3. The van der Waals surface area contributed by atoms with Crippen molar-refractivity contribution in [3.8, 4) is 5.75 Å². The van der Waals surface area contributed by atoms with Crippen LogP contribution >= 0.6 is 11.6 Å². The molecule has 1 aliphatic heterocycles. The van der Waals surface area contributed by atoms with E-state index in [0.29, 0.717) is 36.7 Å². The normalized spacial score (nSPS) is 15.8. The van der Waals surface area contributed by atoms with E-state index >= 15 is 0 Å². The SMILES string of the molecule is Cc1c(Cl)cccc1OCC(=O)N1CCC(C(N)=O)CC1. The van der Waals surface area contributed by atoms with Crippen molar-refractivity contribution < 1.29 is 14.3 Å². The van der Waals surface area contributed by atoms with Crippen LogP contribution in [0.15, 0.2) is 18.2 Å². The lowest BCUT2D eigenvalue weighted by atomic mass is 9.96. The molecule has 0 radical (unpaired) electrons. The van der Waals surface area contributed by atoms with Gasteiger partial charge < -0.3 is 15.4 Å². The van der Waals surface area contributed by atoms with E-state index < -0.39 is 0 Å². The second-order valence-electron chi connectivity index (χ2n) is 5.21. The summed E-state index contributed by atoms with van der Waals surface area (Å²) in [6.07, 6.45) is 1.24. The van der Waals surface area contributed by atoms with E-state index in [0.717, 1.165) is 5.56 Å². The van der Waals surface area contributed by atoms with Gasteiger partial charge in [-0.15, -0.1) is 0 Å². The van der Waals surface area contributed by atoms with Gasteiger partial charge in [0.15, 0.2) is 6.61 Å². The van der Waals surface area contributed by atoms with Crippen LogP contribution in [0.4, 0.5) is 0 Å². The number of hydrogen-bond donors (Lipinski definition) is 1. The topological polar surface area (TPSA) is 72.6 Å². The summed E-state index contributed by atoms with van der Waals surface area (Å²) in [4.78, 5) is 24.9. The summed E-state index contributed by atoms with van der Waals surface area (Å²) in [5.41, 5.74) is 6.09. The van der Waals surface area contributed by atoms with E-state index in [4.69, 9.17) is 22.1 Å². The largest absolute Gasteiger partial charge is 0.483 e. The molecule has 2 N–H and O–H groups in total. The molecule has 1 fully saturated rings. The molecule has 1 aromatic rings. The lowest BCUT2D eigenvalue weighted by molar-refractivity contribution is -0.136. The van der Waals surface area contributed by atoms with Gasteiger partial charge in [-0.05, 0) is 31.9 Å². The molecule has 1 saturated heterocycles. The van der Waals surface area contributed by atoms with Gasteiger partial charge >= 0.3 is 0 Å².